The first-order valence-electron chi connectivity index (χ1n) is 10.1. The number of amides is 1. The van der Waals surface area contributed by atoms with Crippen LogP contribution in [-0.2, 0) is 13.1 Å². The molecule has 0 aliphatic carbocycles. The molecule has 1 aromatic carbocycles. The minimum absolute atomic E-state index is 0.0357. The minimum Gasteiger partial charge on any atom is -0.450 e. The van der Waals surface area contributed by atoms with Crippen molar-refractivity contribution in [1.82, 2.24) is 4.90 Å². The zero-order chi connectivity index (χ0) is 19.4. The van der Waals surface area contributed by atoms with Crippen molar-refractivity contribution in [2.75, 3.05) is 13.1 Å². The molecule has 1 fully saturated rings. The molecule has 2 aromatic rings. The second-order valence-corrected chi connectivity index (χ2v) is 8.93. The Bertz CT molecular complexity index is 737. The standard InChI is InChI=1S/C23H32N2O2/c1-18-12-14-24(15-13-18)22(26)21-11-10-20(27-21)17-25(23(2,3)4)16-19-8-6-5-7-9-19/h5-11,18H,12-17H2,1-4H3/p+1. The fraction of sp³-hybridized carbons (Fsp3) is 0.522. The summed E-state index contributed by atoms with van der Waals surface area (Å²) in [7, 11) is 0. The van der Waals surface area contributed by atoms with Crippen LogP contribution >= 0.6 is 0 Å². The van der Waals surface area contributed by atoms with Gasteiger partial charge in [0.2, 0.25) is 0 Å². The molecule has 1 unspecified atom stereocenters. The summed E-state index contributed by atoms with van der Waals surface area (Å²) in [6.07, 6.45) is 2.16. The quantitative estimate of drug-likeness (QED) is 0.875. The Morgan fingerprint density at radius 1 is 1.07 bits per heavy atom. The van der Waals surface area contributed by atoms with Gasteiger partial charge in [0.15, 0.2) is 11.5 Å². The number of benzene rings is 1. The van der Waals surface area contributed by atoms with Crippen molar-refractivity contribution in [1.29, 1.82) is 0 Å². The summed E-state index contributed by atoms with van der Waals surface area (Å²) >= 11 is 0. The maximum atomic E-state index is 12.7. The molecular formula is C23H33N2O2+. The summed E-state index contributed by atoms with van der Waals surface area (Å²) in [4.78, 5) is 16.1. The van der Waals surface area contributed by atoms with E-state index >= 15 is 0 Å². The van der Waals surface area contributed by atoms with Crippen LogP contribution in [0.2, 0.25) is 0 Å². The summed E-state index contributed by atoms with van der Waals surface area (Å²) in [5, 5.41) is 0. The van der Waals surface area contributed by atoms with Crippen LogP contribution in [0.15, 0.2) is 46.9 Å². The van der Waals surface area contributed by atoms with Crippen LogP contribution in [0.4, 0.5) is 0 Å². The zero-order valence-corrected chi connectivity index (χ0v) is 17.1. The van der Waals surface area contributed by atoms with E-state index in [2.05, 4.69) is 52.0 Å². The third-order valence-corrected chi connectivity index (χ3v) is 5.65. The first kappa shape index (κ1) is 19.7. The topological polar surface area (TPSA) is 37.9 Å². The number of piperidine rings is 1. The number of quaternary nitrogens is 1. The van der Waals surface area contributed by atoms with E-state index in [4.69, 9.17) is 4.42 Å². The molecule has 3 rings (SSSR count). The van der Waals surface area contributed by atoms with E-state index in [1.165, 1.54) is 10.5 Å². The number of hydrogen-bond acceptors (Lipinski definition) is 2. The zero-order valence-electron chi connectivity index (χ0n) is 17.1. The first-order chi connectivity index (χ1) is 12.8. The molecule has 1 saturated heterocycles. The lowest BCUT2D eigenvalue weighted by molar-refractivity contribution is -0.973. The molecule has 27 heavy (non-hydrogen) atoms. The Labute approximate surface area is 163 Å². The Kier molecular flexibility index (Phi) is 6.05. The SMILES string of the molecule is CC1CCN(C(=O)c2ccc(C[NH+](Cc3ccccc3)C(C)(C)C)o2)CC1. The molecule has 4 heteroatoms. The second-order valence-electron chi connectivity index (χ2n) is 8.93. The third-order valence-electron chi connectivity index (χ3n) is 5.65. The number of nitrogens with zero attached hydrogens (tertiary/aromatic N) is 1. The van der Waals surface area contributed by atoms with Crippen molar-refractivity contribution in [2.24, 2.45) is 5.92 Å². The van der Waals surface area contributed by atoms with Gasteiger partial charge in [-0.3, -0.25) is 4.79 Å². The van der Waals surface area contributed by atoms with Gasteiger partial charge in [-0.25, -0.2) is 0 Å². The van der Waals surface area contributed by atoms with Gasteiger partial charge in [0.1, 0.15) is 13.1 Å². The van der Waals surface area contributed by atoms with Crippen molar-refractivity contribution in [3.8, 4) is 0 Å². The smallest absolute Gasteiger partial charge is 0.289 e. The van der Waals surface area contributed by atoms with Crippen molar-refractivity contribution in [3.63, 3.8) is 0 Å². The molecule has 1 atom stereocenters. The van der Waals surface area contributed by atoms with Crippen molar-refractivity contribution in [2.45, 2.75) is 59.2 Å². The molecule has 1 aliphatic heterocycles. The molecule has 0 saturated carbocycles. The van der Waals surface area contributed by atoms with E-state index in [0.717, 1.165) is 44.8 Å². The highest BCUT2D eigenvalue weighted by Crippen LogP contribution is 2.19. The van der Waals surface area contributed by atoms with Crippen LogP contribution in [0.3, 0.4) is 0 Å². The van der Waals surface area contributed by atoms with E-state index < -0.39 is 0 Å². The molecule has 4 nitrogen and oxygen atoms in total. The fourth-order valence-corrected chi connectivity index (χ4v) is 3.60. The molecule has 146 valence electrons. The molecule has 0 radical (unpaired) electrons. The second kappa shape index (κ2) is 8.30. The van der Waals surface area contributed by atoms with Gasteiger partial charge >= 0.3 is 0 Å². The van der Waals surface area contributed by atoms with Crippen LogP contribution in [0.25, 0.3) is 0 Å². The average molecular weight is 370 g/mol. The van der Waals surface area contributed by atoms with Crippen molar-refractivity contribution < 1.29 is 14.1 Å². The summed E-state index contributed by atoms with van der Waals surface area (Å²) in [5.41, 5.74) is 1.39. The highest BCUT2D eigenvalue weighted by Gasteiger charge is 2.28. The van der Waals surface area contributed by atoms with Crippen LogP contribution in [0, 0.1) is 5.92 Å². The van der Waals surface area contributed by atoms with E-state index in [0.29, 0.717) is 11.7 Å². The lowest BCUT2D eigenvalue weighted by atomic mass is 9.99. The number of carbonyl (C=O) groups excluding carboxylic acids is 1. The number of nitrogens with one attached hydrogen (secondary N) is 1. The first-order valence-corrected chi connectivity index (χ1v) is 10.1. The van der Waals surface area contributed by atoms with Gasteiger partial charge in [-0.2, -0.15) is 0 Å². The molecule has 1 amide bonds. The van der Waals surface area contributed by atoms with Gasteiger partial charge in [0.25, 0.3) is 5.91 Å². The molecule has 2 heterocycles. The Balaban J connectivity index is 1.67. The number of hydrogen-bond donors (Lipinski definition) is 1. The number of rotatable bonds is 5. The summed E-state index contributed by atoms with van der Waals surface area (Å²) in [5.74, 6) is 2.11. The van der Waals surface area contributed by atoms with Crippen LogP contribution in [0.1, 0.15) is 62.4 Å². The molecule has 1 aromatic heterocycles. The summed E-state index contributed by atoms with van der Waals surface area (Å²) in [6.45, 7) is 12.4. The Morgan fingerprint density at radius 3 is 2.37 bits per heavy atom. The van der Waals surface area contributed by atoms with Crippen LogP contribution in [-0.4, -0.2) is 29.4 Å². The summed E-state index contributed by atoms with van der Waals surface area (Å²) < 4.78 is 5.98. The Hall–Kier alpha value is -2.07. The average Bonchev–Trinajstić information content (AvgIpc) is 3.10. The maximum absolute atomic E-state index is 12.7. The monoisotopic (exact) mass is 369 g/mol. The number of furan rings is 1. The van der Waals surface area contributed by atoms with Crippen molar-refractivity contribution in [3.05, 3.63) is 59.5 Å². The molecule has 1 aliphatic rings. The van der Waals surface area contributed by atoms with E-state index in [1.54, 1.807) is 0 Å². The lowest BCUT2D eigenvalue weighted by Crippen LogP contribution is -3.16. The molecular weight excluding hydrogens is 336 g/mol. The van der Waals surface area contributed by atoms with Gasteiger partial charge in [-0.1, -0.05) is 37.3 Å². The predicted octanol–water partition coefficient (Wildman–Crippen LogP) is 3.54. The van der Waals surface area contributed by atoms with E-state index in [9.17, 15) is 4.79 Å². The molecule has 1 N–H and O–H groups in total. The van der Waals surface area contributed by atoms with Gasteiger partial charge in [0, 0.05) is 18.7 Å². The van der Waals surface area contributed by atoms with Gasteiger partial charge < -0.3 is 14.2 Å². The van der Waals surface area contributed by atoms with E-state index in [1.807, 2.05) is 23.1 Å². The normalized spacial score (nSPS) is 17.1. The predicted molar refractivity (Wildman–Crippen MR) is 108 cm³/mol. The number of carbonyl (C=O) groups is 1. The molecule has 0 spiro atoms. The number of likely N-dealkylation sites (tertiary alicyclic amines) is 1. The van der Waals surface area contributed by atoms with Gasteiger partial charge in [0.05, 0.1) is 5.54 Å². The highest BCUT2D eigenvalue weighted by molar-refractivity contribution is 5.91. The third kappa shape index (κ3) is 5.23. The Morgan fingerprint density at radius 2 is 1.74 bits per heavy atom. The van der Waals surface area contributed by atoms with Crippen LogP contribution in [0.5, 0.6) is 0 Å². The fourth-order valence-electron chi connectivity index (χ4n) is 3.60. The lowest BCUT2D eigenvalue weighted by Gasteiger charge is -2.32. The maximum Gasteiger partial charge on any atom is 0.289 e. The summed E-state index contributed by atoms with van der Waals surface area (Å²) in [6, 6.07) is 14.4. The van der Waals surface area contributed by atoms with Crippen molar-refractivity contribution >= 4 is 5.91 Å². The van der Waals surface area contributed by atoms with E-state index in [-0.39, 0.29) is 11.4 Å². The highest BCUT2D eigenvalue weighted by atomic mass is 16.4. The molecule has 0 bridgehead atoms. The minimum atomic E-state index is 0.0357. The van der Waals surface area contributed by atoms with Gasteiger partial charge in [-0.15, -0.1) is 0 Å². The van der Waals surface area contributed by atoms with Crippen LogP contribution < -0.4 is 4.90 Å². The van der Waals surface area contributed by atoms with Gasteiger partial charge in [-0.05, 0) is 51.7 Å². The largest absolute Gasteiger partial charge is 0.450 e.